The Labute approximate surface area is 149 Å². The smallest absolute Gasteiger partial charge is 0.241 e. The minimum absolute atomic E-state index is 0.204. The highest BCUT2D eigenvalue weighted by Crippen LogP contribution is 2.22. The maximum absolute atomic E-state index is 10.9. The fraction of sp³-hybridized carbons (Fsp3) is 0.167. The van der Waals surface area contributed by atoms with Crippen molar-refractivity contribution >= 4 is 23.1 Å². The highest BCUT2D eigenvalue weighted by Gasteiger charge is 2.09. The van der Waals surface area contributed by atoms with Crippen LogP contribution in [0.3, 0.4) is 0 Å². The van der Waals surface area contributed by atoms with Gasteiger partial charge in [-0.15, -0.1) is 0 Å². The minimum Gasteiger partial charge on any atom is -0.476 e. The highest BCUT2D eigenvalue weighted by atomic mass is 16.5. The molecule has 0 saturated carbocycles. The van der Waals surface area contributed by atoms with Gasteiger partial charge in [0, 0.05) is 35.7 Å². The lowest BCUT2D eigenvalue weighted by Gasteiger charge is -2.07. The van der Waals surface area contributed by atoms with Crippen molar-refractivity contribution in [3.05, 3.63) is 42.4 Å². The molecule has 0 aromatic carbocycles. The van der Waals surface area contributed by atoms with E-state index < -0.39 is 5.91 Å². The molecule has 26 heavy (non-hydrogen) atoms. The van der Waals surface area contributed by atoms with Gasteiger partial charge in [-0.3, -0.25) is 4.79 Å². The second-order valence-corrected chi connectivity index (χ2v) is 5.66. The van der Waals surface area contributed by atoms with E-state index in [0.717, 1.165) is 5.56 Å². The van der Waals surface area contributed by atoms with E-state index in [1.54, 1.807) is 37.7 Å². The summed E-state index contributed by atoms with van der Waals surface area (Å²) in [5.41, 5.74) is 8.48. The summed E-state index contributed by atoms with van der Waals surface area (Å²) in [6.07, 6.45) is 7.83. The van der Waals surface area contributed by atoms with Crippen LogP contribution in [-0.2, 0) is 4.79 Å². The number of carbonyl (C=O) groups excluding carboxylic acids is 1. The van der Waals surface area contributed by atoms with Gasteiger partial charge in [-0.2, -0.15) is 5.26 Å². The molecule has 0 aliphatic carbocycles. The molecule has 0 radical (unpaired) electrons. The number of ether oxygens (including phenoxy) is 1. The average Bonchev–Trinajstić information content (AvgIpc) is 3.07. The first-order chi connectivity index (χ1) is 12.6. The van der Waals surface area contributed by atoms with E-state index in [1.807, 2.05) is 6.07 Å². The number of pyridine rings is 1. The van der Waals surface area contributed by atoms with Gasteiger partial charge >= 0.3 is 0 Å². The number of rotatable bonds is 6. The number of primary amides is 1. The third-order valence-corrected chi connectivity index (χ3v) is 3.57. The van der Waals surface area contributed by atoms with Crippen LogP contribution in [0.4, 0.5) is 0 Å². The van der Waals surface area contributed by atoms with E-state index in [2.05, 4.69) is 26.0 Å². The molecule has 0 aliphatic heterocycles. The van der Waals surface area contributed by atoms with Crippen molar-refractivity contribution in [3.8, 4) is 23.2 Å². The monoisotopic (exact) mass is 348 g/mol. The molecule has 0 fully saturated rings. The zero-order valence-electron chi connectivity index (χ0n) is 14.0. The Bertz CT molecular complexity index is 1000. The number of H-pyrrole nitrogens is 1. The van der Waals surface area contributed by atoms with Crippen molar-refractivity contribution in [2.24, 2.45) is 11.7 Å². The fourth-order valence-corrected chi connectivity index (χ4v) is 2.21. The zero-order valence-corrected chi connectivity index (χ0v) is 14.0. The molecule has 1 amide bonds. The van der Waals surface area contributed by atoms with Crippen molar-refractivity contribution in [2.45, 2.75) is 6.92 Å². The summed E-state index contributed by atoms with van der Waals surface area (Å²) < 4.78 is 5.45. The van der Waals surface area contributed by atoms with Crippen LogP contribution >= 0.6 is 0 Å². The normalized spacial score (nSPS) is 12.2. The van der Waals surface area contributed by atoms with Crippen molar-refractivity contribution in [2.75, 3.05) is 6.61 Å². The first kappa shape index (κ1) is 17.1. The number of amides is 1. The molecule has 3 aromatic rings. The predicted molar refractivity (Wildman–Crippen MR) is 95.6 cm³/mol. The summed E-state index contributed by atoms with van der Waals surface area (Å²) in [6.45, 7) is 2.06. The molecule has 0 bridgehead atoms. The van der Waals surface area contributed by atoms with Gasteiger partial charge in [0.1, 0.15) is 12.1 Å². The van der Waals surface area contributed by atoms with Gasteiger partial charge in [0.15, 0.2) is 5.65 Å². The Hall–Kier alpha value is -3.73. The summed E-state index contributed by atoms with van der Waals surface area (Å²) in [5.74, 6) is -0.296. The van der Waals surface area contributed by atoms with Gasteiger partial charge in [0.05, 0.1) is 23.9 Å². The standard InChI is InChI=1S/C18H16N6O2/c1-11(6-19)10-26-16-5-3-12(7-21-16)14-9-23-18-17(24-14)13(8-22-18)2-4-15(20)25/h2-5,7-9,11H,10H2,1H3,(H2,20,25)(H,22,23). The second-order valence-electron chi connectivity index (χ2n) is 5.66. The topological polar surface area (TPSA) is 131 Å². The molecule has 130 valence electrons. The molecule has 1 atom stereocenters. The van der Waals surface area contributed by atoms with Crippen LogP contribution in [0.5, 0.6) is 5.88 Å². The number of aromatic nitrogens is 4. The van der Waals surface area contributed by atoms with Gasteiger partial charge in [-0.1, -0.05) is 0 Å². The average molecular weight is 348 g/mol. The van der Waals surface area contributed by atoms with Gasteiger partial charge in [0.25, 0.3) is 0 Å². The van der Waals surface area contributed by atoms with Crippen molar-refractivity contribution < 1.29 is 9.53 Å². The van der Waals surface area contributed by atoms with Crippen LogP contribution < -0.4 is 10.5 Å². The van der Waals surface area contributed by atoms with E-state index in [-0.39, 0.29) is 12.5 Å². The molecule has 3 rings (SSSR count). The maximum Gasteiger partial charge on any atom is 0.241 e. The lowest BCUT2D eigenvalue weighted by molar-refractivity contribution is -0.113. The van der Waals surface area contributed by atoms with Gasteiger partial charge in [-0.25, -0.2) is 15.0 Å². The summed E-state index contributed by atoms with van der Waals surface area (Å²) in [4.78, 5) is 27.1. The lowest BCUT2D eigenvalue weighted by atomic mass is 10.2. The van der Waals surface area contributed by atoms with E-state index in [1.165, 1.54) is 6.08 Å². The summed E-state index contributed by atoms with van der Waals surface area (Å²) >= 11 is 0. The molecule has 8 nitrogen and oxygen atoms in total. The van der Waals surface area contributed by atoms with Crippen LogP contribution in [-0.4, -0.2) is 32.4 Å². The Morgan fingerprint density at radius 1 is 1.42 bits per heavy atom. The molecule has 3 heterocycles. The predicted octanol–water partition coefficient (Wildman–Crippen LogP) is 2.06. The molecule has 1 unspecified atom stereocenters. The summed E-state index contributed by atoms with van der Waals surface area (Å²) in [7, 11) is 0. The highest BCUT2D eigenvalue weighted by molar-refractivity contribution is 5.93. The van der Waals surface area contributed by atoms with E-state index in [9.17, 15) is 4.79 Å². The Morgan fingerprint density at radius 2 is 2.27 bits per heavy atom. The number of hydrogen-bond acceptors (Lipinski definition) is 6. The quantitative estimate of drug-likeness (QED) is 0.656. The molecule has 0 aliphatic rings. The molecular weight excluding hydrogens is 332 g/mol. The number of nitrogens with zero attached hydrogens (tertiary/aromatic N) is 4. The van der Waals surface area contributed by atoms with Crippen molar-refractivity contribution in [3.63, 3.8) is 0 Å². The fourth-order valence-electron chi connectivity index (χ4n) is 2.21. The largest absolute Gasteiger partial charge is 0.476 e. The van der Waals surface area contributed by atoms with Crippen molar-refractivity contribution in [1.29, 1.82) is 5.26 Å². The second kappa shape index (κ2) is 7.44. The first-order valence-electron chi connectivity index (χ1n) is 7.87. The van der Waals surface area contributed by atoms with Crippen molar-refractivity contribution in [1.82, 2.24) is 19.9 Å². The third kappa shape index (κ3) is 3.84. The van der Waals surface area contributed by atoms with Crippen LogP contribution in [0.2, 0.25) is 0 Å². The van der Waals surface area contributed by atoms with Gasteiger partial charge in [-0.05, 0) is 19.1 Å². The van der Waals surface area contributed by atoms with E-state index in [0.29, 0.717) is 28.3 Å². The molecule has 8 heteroatoms. The van der Waals surface area contributed by atoms with Gasteiger partial charge < -0.3 is 15.5 Å². The summed E-state index contributed by atoms with van der Waals surface area (Å²) in [5, 5.41) is 8.77. The molecule has 3 aromatic heterocycles. The van der Waals surface area contributed by atoms with Crippen LogP contribution in [0, 0.1) is 17.2 Å². The Kier molecular flexibility index (Phi) is 4.90. The Balaban J connectivity index is 1.85. The molecule has 0 saturated heterocycles. The van der Waals surface area contributed by atoms with Crippen LogP contribution in [0.1, 0.15) is 12.5 Å². The Morgan fingerprint density at radius 3 is 2.96 bits per heavy atom. The lowest BCUT2D eigenvalue weighted by Crippen LogP contribution is -2.06. The molecular formula is C18H16N6O2. The third-order valence-electron chi connectivity index (χ3n) is 3.57. The molecule has 0 spiro atoms. The van der Waals surface area contributed by atoms with Crippen LogP contribution in [0.25, 0.3) is 28.5 Å². The number of nitriles is 1. The first-order valence-corrected chi connectivity index (χ1v) is 7.87. The molecule has 3 N–H and O–H groups in total. The summed E-state index contributed by atoms with van der Waals surface area (Å²) in [6, 6.07) is 5.64. The number of nitrogens with two attached hydrogens (primary N) is 1. The number of nitrogens with one attached hydrogen (secondary N) is 1. The number of carbonyl (C=O) groups is 1. The van der Waals surface area contributed by atoms with E-state index in [4.69, 9.17) is 15.7 Å². The minimum atomic E-state index is -0.533. The number of aromatic amines is 1. The van der Waals surface area contributed by atoms with E-state index >= 15 is 0 Å². The number of hydrogen-bond donors (Lipinski definition) is 2. The maximum atomic E-state index is 10.9. The zero-order chi connectivity index (χ0) is 18.5. The van der Waals surface area contributed by atoms with Crippen LogP contribution in [0.15, 0.2) is 36.8 Å². The number of fused-ring (bicyclic) bond motifs is 1. The SMILES string of the molecule is CC(C#N)COc1ccc(-c2cnc3[nH]cc(C=CC(N)=O)c3n2)cn1. The van der Waals surface area contributed by atoms with Gasteiger partial charge in [0.2, 0.25) is 11.8 Å².